The summed E-state index contributed by atoms with van der Waals surface area (Å²) in [6, 6.07) is 5.51. The first-order valence-corrected chi connectivity index (χ1v) is 7.63. The molecule has 1 aromatic rings. The van der Waals surface area contributed by atoms with Gasteiger partial charge in [-0.05, 0) is 31.4 Å². The fraction of sp³-hybridized carbons (Fsp3) is 0.500. The summed E-state index contributed by atoms with van der Waals surface area (Å²) in [4.78, 5) is 12.3. The molecule has 0 heterocycles. The Balaban J connectivity index is 2.98. The van der Waals surface area contributed by atoms with E-state index >= 15 is 0 Å². The number of rotatable bonds is 5. The molecule has 0 spiro atoms. The van der Waals surface area contributed by atoms with Crippen molar-refractivity contribution in [3.05, 3.63) is 34.3 Å². The zero-order valence-corrected chi connectivity index (χ0v) is 13.4. The molecule has 0 aromatic heterocycles. The van der Waals surface area contributed by atoms with Crippen LogP contribution in [0, 0.1) is 6.92 Å². The Labute approximate surface area is 122 Å². The molecule has 1 rings (SSSR count). The average Bonchev–Trinajstić information content (AvgIpc) is 2.39. The smallest absolute Gasteiger partial charge is 0.253 e. The topological polar surface area (TPSA) is 29.1 Å². The van der Waals surface area contributed by atoms with Crippen molar-refractivity contribution in [1.82, 2.24) is 5.32 Å². The highest BCUT2D eigenvalue weighted by Gasteiger charge is 2.27. The number of benzene rings is 1. The molecule has 0 bridgehead atoms. The minimum Gasteiger partial charge on any atom is -0.346 e. The molecule has 1 aromatic carbocycles. The Kier molecular flexibility index (Phi) is 5.67. The van der Waals surface area contributed by atoms with Crippen molar-refractivity contribution in [2.45, 2.75) is 39.2 Å². The number of carbonyl (C=O) groups excluding carboxylic acids is 1. The van der Waals surface area contributed by atoms with Gasteiger partial charge in [0.25, 0.3) is 5.91 Å². The summed E-state index contributed by atoms with van der Waals surface area (Å²) in [5, 5.41) is 4.36. The first-order chi connectivity index (χ1) is 8.49. The normalized spacial score (nSPS) is 11.4. The molecular formula is C14H19BrClNO. The number of halogens is 2. The molecule has 1 amide bonds. The molecule has 0 saturated heterocycles. The van der Waals surface area contributed by atoms with Gasteiger partial charge in [-0.3, -0.25) is 4.79 Å². The van der Waals surface area contributed by atoms with Crippen molar-refractivity contribution >= 4 is 33.4 Å². The van der Waals surface area contributed by atoms with Crippen LogP contribution in [0.15, 0.2) is 18.2 Å². The van der Waals surface area contributed by atoms with Gasteiger partial charge < -0.3 is 5.32 Å². The molecular weight excluding hydrogens is 314 g/mol. The van der Waals surface area contributed by atoms with Crippen molar-refractivity contribution in [2.24, 2.45) is 0 Å². The van der Waals surface area contributed by atoms with Crippen LogP contribution < -0.4 is 5.32 Å². The molecule has 0 aliphatic heterocycles. The lowest BCUT2D eigenvalue weighted by Crippen LogP contribution is -2.49. The average molecular weight is 333 g/mol. The van der Waals surface area contributed by atoms with E-state index in [0.717, 1.165) is 23.7 Å². The van der Waals surface area contributed by atoms with Gasteiger partial charge in [0, 0.05) is 10.9 Å². The summed E-state index contributed by atoms with van der Waals surface area (Å²) in [6.45, 7) is 6.04. The quantitative estimate of drug-likeness (QED) is 0.799. The zero-order chi connectivity index (χ0) is 13.8. The van der Waals surface area contributed by atoms with Crippen LogP contribution in [0.1, 0.15) is 42.6 Å². The largest absolute Gasteiger partial charge is 0.346 e. The Morgan fingerprint density at radius 1 is 1.39 bits per heavy atom. The third-order valence-electron chi connectivity index (χ3n) is 3.42. The summed E-state index contributed by atoms with van der Waals surface area (Å²) >= 11 is 9.65. The maximum absolute atomic E-state index is 12.3. The van der Waals surface area contributed by atoms with Crippen LogP contribution in [0.4, 0.5) is 0 Å². The Morgan fingerprint density at radius 2 is 2.00 bits per heavy atom. The lowest BCUT2D eigenvalue weighted by atomic mass is 9.95. The van der Waals surface area contributed by atoms with E-state index in [-0.39, 0.29) is 11.4 Å². The van der Waals surface area contributed by atoms with E-state index in [1.165, 1.54) is 0 Å². The summed E-state index contributed by atoms with van der Waals surface area (Å²) < 4.78 is 0. The molecule has 0 aliphatic carbocycles. The van der Waals surface area contributed by atoms with Gasteiger partial charge in [-0.15, -0.1) is 0 Å². The van der Waals surface area contributed by atoms with Gasteiger partial charge in [-0.25, -0.2) is 0 Å². The predicted molar refractivity (Wildman–Crippen MR) is 80.8 cm³/mol. The zero-order valence-electron chi connectivity index (χ0n) is 11.0. The van der Waals surface area contributed by atoms with Crippen LogP contribution in [0.2, 0.25) is 5.02 Å². The molecule has 2 nitrogen and oxygen atoms in total. The molecule has 0 aliphatic rings. The summed E-state index contributed by atoms with van der Waals surface area (Å²) in [6.07, 6.45) is 1.76. The Morgan fingerprint density at radius 3 is 2.50 bits per heavy atom. The van der Waals surface area contributed by atoms with Gasteiger partial charge in [-0.1, -0.05) is 53.5 Å². The first-order valence-electron chi connectivity index (χ1n) is 6.13. The van der Waals surface area contributed by atoms with Crippen LogP contribution in [0.25, 0.3) is 0 Å². The third-order valence-corrected chi connectivity index (χ3v) is 5.00. The second kappa shape index (κ2) is 6.58. The van der Waals surface area contributed by atoms with E-state index in [9.17, 15) is 4.79 Å². The SMILES string of the molecule is CCC(CC)(CBr)NC(=O)c1cccc(C)c1Cl. The molecule has 4 heteroatoms. The van der Waals surface area contributed by atoms with Crippen molar-refractivity contribution in [3.8, 4) is 0 Å². The van der Waals surface area contributed by atoms with E-state index in [1.807, 2.05) is 19.1 Å². The van der Waals surface area contributed by atoms with Crippen LogP contribution in [0.3, 0.4) is 0 Å². The van der Waals surface area contributed by atoms with Crippen LogP contribution >= 0.6 is 27.5 Å². The van der Waals surface area contributed by atoms with Crippen molar-refractivity contribution in [3.63, 3.8) is 0 Å². The maximum atomic E-state index is 12.3. The molecule has 0 atom stereocenters. The highest BCUT2D eigenvalue weighted by molar-refractivity contribution is 9.09. The van der Waals surface area contributed by atoms with E-state index in [2.05, 4.69) is 35.1 Å². The van der Waals surface area contributed by atoms with Gasteiger partial charge in [0.2, 0.25) is 0 Å². The first kappa shape index (κ1) is 15.5. The van der Waals surface area contributed by atoms with E-state index in [0.29, 0.717) is 10.6 Å². The number of hydrogen-bond donors (Lipinski definition) is 1. The second-order valence-corrected chi connectivity index (χ2v) is 5.45. The Hall–Kier alpha value is -0.540. The summed E-state index contributed by atoms with van der Waals surface area (Å²) in [7, 11) is 0. The van der Waals surface area contributed by atoms with Gasteiger partial charge in [0.1, 0.15) is 0 Å². The molecule has 0 unspecified atom stereocenters. The van der Waals surface area contributed by atoms with Crippen LogP contribution in [-0.4, -0.2) is 16.8 Å². The molecule has 18 heavy (non-hydrogen) atoms. The lowest BCUT2D eigenvalue weighted by Gasteiger charge is -2.31. The van der Waals surface area contributed by atoms with E-state index in [4.69, 9.17) is 11.6 Å². The number of alkyl halides is 1. The number of nitrogens with one attached hydrogen (secondary N) is 1. The van der Waals surface area contributed by atoms with Crippen molar-refractivity contribution < 1.29 is 4.79 Å². The molecule has 0 fully saturated rings. The predicted octanol–water partition coefficient (Wildman–Crippen LogP) is 4.33. The van der Waals surface area contributed by atoms with E-state index < -0.39 is 0 Å². The van der Waals surface area contributed by atoms with Gasteiger partial charge in [-0.2, -0.15) is 0 Å². The lowest BCUT2D eigenvalue weighted by molar-refractivity contribution is 0.0904. The van der Waals surface area contributed by atoms with Gasteiger partial charge >= 0.3 is 0 Å². The van der Waals surface area contributed by atoms with E-state index in [1.54, 1.807) is 6.07 Å². The fourth-order valence-electron chi connectivity index (χ4n) is 1.78. The van der Waals surface area contributed by atoms with Crippen molar-refractivity contribution in [1.29, 1.82) is 0 Å². The number of hydrogen-bond acceptors (Lipinski definition) is 1. The molecule has 0 saturated carbocycles. The minimum atomic E-state index is -0.204. The molecule has 1 N–H and O–H groups in total. The number of amides is 1. The minimum absolute atomic E-state index is 0.105. The Bertz CT molecular complexity index is 422. The standard InChI is InChI=1S/C14H19BrClNO/c1-4-14(5-2,9-15)17-13(18)11-8-6-7-10(3)12(11)16/h6-8H,4-5,9H2,1-3H3,(H,17,18). The van der Waals surface area contributed by atoms with Gasteiger partial charge in [0.05, 0.1) is 10.6 Å². The monoisotopic (exact) mass is 331 g/mol. The van der Waals surface area contributed by atoms with Gasteiger partial charge in [0.15, 0.2) is 0 Å². The highest BCUT2D eigenvalue weighted by atomic mass is 79.9. The van der Waals surface area contributed by atoms with Crippen LogP contribution in [0.5, 0.6) is 0 Å². The number of carbonyl (C=O) groups is 1. The molecule has 0 radical (unpaired) electrons. The second-order valence-electron chi connectivity index (χ2n) is 4.51. The van der Waals surface area contributed by atoms with Crippen molar-refractivity contribution in [2.75, 3.05) is 5.33 Å². The highest BCUT2D eigenvalue weighted by Crippen LogP contribution is 2.23. The fourth-order valence-corrected chi connectivity index (χ4v) is 2.93. The van der Waals surface area contributed by atoms with Crippen LogP contribution in [-0.2, 0) is 0 Å². The maximum Gasteiger partial charge on any atom is 0.253 e. The summed E-state index contributed by atoms with van der Waals surface area (Å²) in [5.41, 5.74) is 1.26. The third kappa shape index (κ3) is 3.27. The molecule has 100 valence electrons. The number of aryl methyl sites for hydroxylation is 1. The summed E-state index contributed by atoms with van der Waals surface area (Å²) in [5.74, 6) is -0.105.